The highest BCUT2D eigenvalue weighted by Crippen LogP contribution is 2.20. The minimum atomic E-state index is -0.0444. The number of aryl methyl sites for hydroxylation is 2. The predicted molar refractivity (Wildman–Crippen MR) is 85.7 cm³/mol. The van der Waals surface area contributed by atoms with Gasteiger partial charge >= 0.3 is 0 Å². The van der Waals surface area contributed by atoms with Gasteiger partial charge in [-0.3, -0.25) is 4.79 Å². The molecule has 0 radical (unpaired) electrons. The highest BCUT2D eigenvalue weighted by molar-refractivity contribution is 6.04. The number of carbonyl (C=O) groups is 1. The van der Waals surface area contributed by atoms with Gasteiger partial charge in [-0.15, -0.1) is 0 Å². The third-order valence-electron chi connectivity index (χ3n) is 4.00. The highest BCUT2D eigenvalue weighted by Gasteiger charge is 2.13. The maximum atomic E-state index is 12.4. The van der Waals surface area contributed by atoms with Crippen LogP contribution in [0.4, 0.5) is 5.69 Å². The Kier molecular flexibility index (Phi) is 3.76. The van der Waals surface area contributed by atoms with Crippen LogP contribution in [0, 0.1) is 13.8 Å². The van der Waals surface area contributed by atoms with Crippen molar-refractivity contribution in [3.8, 4) is 0 Å². The largest absolute Gasteiger partial charge is 0.322 e. The summed E-state index contributed by atoms with van der Waals surface area (Å²) in [5.41, 5.74) is 6.40. The Balaban J connectivity index is 1.83. The smallest absolute Gasteiger partial charge is 0.255 e. The number of hydrogen-bond donors (Lipinski definition) is 2. The molecule has 1 aliphatic heterocycles. The molecule has 0 aliphatic carbocycles. The monoisotopic (exact) mass is 280 g/mol. The molecule has 3 heteroatoms. The van der Waals surface area contributed by atoms with Crippen LogP contribution in [-0.2, 0) is 13.0 Å². The molecule has 0 spiro atoms. The molecule has 1 aliphatic rings. The first-order chi connectivity index (χ1) is 10.1. The van der Waals surface area contributed by atoms with Crippen LogP contribution in [0.1, 0.15) is 32.6 Å². The van der Waals surface area contributed by atoms with Gasteiger partial charge in [0.05, 0.1) is 0 Å². The molecule has 3 rings (SSSR count). The van der Waals surface area contributed by atoms with Crippen LogP contribution in [0.5, 0.6) is 0 Å². The first kappa shape index (κ1) is 13.8. The lowest BCUT2D eigenvalue weighted by atomic mass is 9.98. The van der Waals surface area contributed by atoms with E-state index in [0.717, 1.165) is 41.9 Å². The Morgan fingerprint density at radius 1 is 1.10 bits per heavy atom. The number of anilines is 1. The van der Waals surface area contributed by atoms with E-state index < -0.39 is 0 Å². The van der Waals surface area contributed by atoms with Crippen molar-refractivity contribution in [1.82, 2.24) is 5.32 Å². The van der Waals surface area contributed by atoms with Gasteiger partial charge in [0.1, 0.15) is 0 Å². The molecule has 108 valence electrons. The third-order valence-corrected chi connectivity index (χ3v) is 4.00. The van der Waals surface area contributed by atoms with Crippen molar-refractivity contribution in [2.45, 2.75) is 26.8 Å². The molecule has 2 aromatic carbocycles. The van der Waals surface area contributed by atoms with E-state index in [4.69, 9.17) is 0 Å². The molecular formula is C18H20N2O. The van der Waals surface area contributed by atoms with Crippen LogP contribution >= 0.6 is 0 Å². The molecule has 2 aromatic rings. The minimum absolute atomic E-state index is 0.0444. The van der Waals surface area contributed by atoms with E-state index >= 15 is 0 Å². The van der Waals surface area contributed by atoms with Crippen molar-refractivity contribution in [2.75, 3.05) is 11.9 Å². The maximum Gasteiger partial charge on any atom is 0.255 e. The first-order valence-corrected chi connectivity index (χ1v) is 7.34. The molecule has 0 unspecified atom stereocenters. The van der Waals surface area contributed by atoms with Crippen LogP contribution in [0.3, 0.4) is 0 Å². The van der Waals surface area contributed by atoms with E-state index in [9.17, 15) is 4.79 Å². The van der Waals surface area contributed by atoms with Gasteiger partial charge in [0.2, 0.25) is 0 Å². The van der Waals surface area contributed by atoms with Gasteiger partial charge in [-0.1, -0.05) is 18.2 Å². The van der Waals surface area contributed by atoms with E-state index in [1.807, 2.05) is 38.1 Å². The molecule has 0 saturated heterocycles. The maximum absolute atomic E-state index is 12.4. The number of rotatable bonds is 2. The molecule has 21 heavy (non-hydrogen) atoms. The second-order valence-corrected chi connectivity index (χ2v) is 5.68. The molecular weight excluding hydrogens is 260 g/mol. The summed E-state index contributed by atoms with van der Waals surface area (Å²) in [6, 6.07) is 12.1. The first-order valence-electron chi connectivity index (χ1n) is 7.34. The zero-order valence-corrected chi connectivity index (χ0v) is 12.5. The number of amides is 1. The van der Waals surface area contributed by atoms with E-state index in [-0.39, 0.29) is 5.91 Å². The fraction of sp³-hybridized carbons (Fsp3) is 0.278. The van der Waals surface area contributed by atoms with Crippen LogP contribution in [-0.4, -0.2) is 12.5 Å². The molecule has 0 fully saturated rings. The van der Waals surface area contributed by atoms with Crippen molar-refractivity contribution in [1.29, 1.82) is 0 Å². The lowest BCUT2D eigenvalue weighted by Crippen LogP contribution is -2.24. The standard InChI is InChI=1S/C18H20N2O/c1-12-3-4-13(2)17(9-12)20-18(21)15-6-5-14-7-8-19-11-16(14)10-15/h3-6,9-10,19H,7-8,11H2,1-2H3,(H,20,21). The SMILES string of the molecule is Cc1ccc(C)c(NC(=O)c2ccc3c(c2)CNCC3)c1. The Labute approximate surface area is 125 Å². The minimum Gasteiger partial charge on any atom is -0.322 e. The Bertz CT molecular complexity index is 692. The normalized spacial score (nSPS) is 13.6. The van der Waals surface area contributed by atoms with Crippen molar-refractivity contribution in [3.63, 3.8) is 0 Å². The van der Waals surface area contributed by atoms with Crippen LogP contribution in [0.25, 0.3) is 0 Å². The number of hydrogen-bond acceptors (Lipinski definition) is 2. The van der Waals surface area contributed by atoms with Crippen molar-refractivity contribution < 1.29 is 4.79 Å². The van der Waals surface area contributed by atoms with Gasteiger partial charge in [-0.2, -0.15) is 0 Å². The summed E-state index contributed by atoms with van der Waals surface area (Å²) in [6.07, 6.45) is 1.04. The van der Waals surface area contributed by atoms with Crippen LogP contribution in [0.2, 0.25) is 0 Å². The fourth-order valence-corrected chi connectivity index (χ4v) is 2.69. The second-order valence-electron chi connectivity index (χ2n) is 5.68. The quantitative estimate of drug-likeness (QED) is 0.887. The lowest BCUT2D eigenvalue weighted by molar-refractivity contribution is 0.102. The number of benzene rings is 2. The molecule has 0 bridgehead atoms. The molecule has 0 atom stereocenters. The third kappa shape index (κ3) is 2.98. The van der Waals surface area contributed by atoms with Crippen LogP contribution in [0.15, 0.2) is 36.4 Å². The van der Waals surface area contributed by atoms with Gasteiger partial charge in [-0.05, 0) is 67.3 Å². The zero-order valence-electron chi connectivity index (χ0n) is 12.5. The molecule has 1 amide bonds. The van der Waals surface area contributed by atoms with Gasteiger partial charge in [0.25, 0.3) is 5.91 Å². The topological polar surface area (TPSA) is 41.1 Å². The number of carbonyl (C=O) groups excluding carboxylic acids is 1. The van der Waals surface area contributed by atoms with Crippen molar-refractivity contribution in [3.05, 3.63) is 64.2 Å². The van der Waals surface area contributed by atoms with Gasteiger partial charge < -0.3 is 10.6 Å². The number of fused-ring (bicyclic) bond motifs is 1. The second kappa shape index (κ2) is 5.70. The van der Waals surface area contributed by atoms with Crippen molar-refractivity contribution >= 4 is 11.6 Å². The van der Waals surface area contributed by atoms with E-state index in [2.05, 4.69) is 22.8 Å². The van der Waals surface area contributed by atoms with Crippen LogP contribution < -0.4 is 10.6 Å². The molecule has 1 heterocycles. The van der Waals surface area contributed by atoms with E-state index in [1.54, 1.807) is 0 Å². The summed E-state index contributed by atoms with van der Waals surface area (Å²) in [5.74, 6) is -0.0444. The Hall–Kier alpha value is -2.13. The van der Waals surface area contributed by atoms with Gasteiger partial charge in [0, 0.05) is 17.8 Å². The summed E-state index contributed by atoms with van der Waals surface area (Å²) < 4.78 is 0. The average Bonchev–Trinajstić information content (AvgIpc) is 2.50. The lowest BCUT2D eigenvalue weighted by Gasteiger charge is -2.18. The summed E-state index contributed by atoms with van der Waals surface area (Å²) in [5, 5.41) is 6.36. The molecule has 0 aromatic heterocycles. The molecule has 2 N–H and O–H groups in total. The van der Waals surface area contributed by atoms with Gasteiger partial charge in [-0.25, -0.2) is 0 Å². The highest BCUT2D eigenvalue weighted by atomic mass is 16.1. The van der Waals surface area contributed by atoms with E-state index in [0.29, 0.717) is 0 Å². The Morgan fingerprint density at radius 2 is 1.95 bits per heavy atom. The summed E-state index contributed by atoms with van der Waals surface area (Å²) in [6.45, 7) is 5.90. The molecule has 3 nitrogen and oxygen atoms in total. The fourth-order valence-electron chi connectivity index (χ4n) is 2.69. The summed E-state index contributed by atoms with van der Waals surface area (Å²) in [4.78, 5) is 12.4. The molecule has 0 saturated carbocycles. The van der Waals surface area contributed by atoms with Crippen molar-refractivity contribution in [2.24, 2.45) is 0 Å². The van der Waals surface area contributed by atoms with E-state index in [1.165, 1.54) is 11.1 Å². The average molecular weight is 280 g/mol. The summed E-state index contributed by atoms with van der Waals surface area (Å²) >= 11 is 0. The predicted octanol–water partition coefficient (Wildman–Crippen LogP) is 3.20. The number of nitrogens with one attached hydrogen (secondary N) is 2. The Morgan fingerprint density at radius 3 is 2.81 bits per heavy atom. The summed E-state index contributed by atoms with van der Waals surface area (Å²) in [7, 11) is 0. The zero-order chi connectivity index (χ0) is 14.8. The van der Waals surface area contributed by atoms with Gasteiger partial charge in [0.15, 0.2) is 0 Å².